The van der Waals surface area contributed by atoms with E-state index in [2.05, 4.69) is 9.88 Å². The number of nitrogens with two attached hydrogens (primary N) is 1. The summed E-state index contributed by atoms with van der Waals surface area (Å²) in [5.74, 6) is 0.568. The van der Waals surface area contributed by atoms with Crippen molar-refractivity contribution in [3.8, 4) is 5.75 Å². The van der Waals surface area contributed by atoms with Crippen molar-refractivity contribution < 1.29 is 14.3 Å². The molecule has 2 saturated heterocycles. The fourth-order valence-electron chi connectivity index (χ4n) is 3.38. The minimum Gasteiger partial charge on any atom is -0.493 e. The largest absolute Gasteiger partial charge is 0.493 e. The van der Waals surface area contributed by atoms with E-state index in [1.165, 1.54) is 0 Å². The van der Waals surface area contributed by atoms with Gasteiger partial charge in [0.15, 0.2) is 0 Å². The quantitative estimate of drug-likeness (QED) is 0.865. The molecule has 0 aromatic carbocycles. The van der Waals surface area contributed by atoms with Crippen LogP contribution in [0.25, 0.3) is 0 Å². The molecular weight excluding hydrogens is 282 g/mol. The first-order valence-electron chi connectivity index (χ1n) is 7.88. The summed E-state index contributed by atoms with van der Waals surface area (Å²) >= 11 is 0. The van der Waals surface area contributed by atoms with Crippen LogP contribution in [0.2, 0.25) is 0 Å². The van der Waals surface area contributed by atoms with Crippen molar-refractivity contribution in [2.45, 2.75) is 18.9 Å². The van der Waals surface area contributed by atoms with Crippen LogP contribution >= 0.6 is 0 Å². The molecule has 0 unspecified atom stereocenters. The molecule has 0 saturated carbocycles. The van der Waals surface area contributed by atoms with Crippen molar-refractivity contribution in [1.29, 1.82) is 0 Å². The number of carbonyl (C=O) groups is 1. The maximum atomic E-state index is 11.8. The number of rotatable bonds is 5. The second-order valence-electron chi connectivity index (χ2n) is 6.06. The van der Waals surface area contributed by atoms with E-state index in [0.717, 1.165) is 44.9 Å². The number of likely N-dealkylation sites (tertiary alicyclic amines) is 1. The zero-order chi connectivity index (χ0) is 15.4. The summed E-state index contributed by atoms with van der Waals surface area (Å²) in [6, 6.07) is 4.15. The number of carbonyl (C=O) groups excluding carboxylic acids is 1. The lowest BCUT2D eigenvalue weighted by Gasteiger charge is -2.31. The third-order valence-corrected chi connectivity index (χ3v) is 4.66. The lowest BCUT2D eigenvalue weighted by atomic mass is 9.96. The Morgan fingerprint density at radius 1 is 1.32 bits per heavy atom. The monoisotopic (exact) mass is 305 g/mol. The molecule has 0 aliphatic carbocycles. The highest BCUT2D eigenvalue weighted by atomic mass is 16.5. The van der Waals surface area contributed by atoms with E-state index < -0.39 is 0 Å². The molecule has 2 aliphatic heterocycles. The second kappa shape index (κ2) is 7.07. The summed E-state index contributed by atoms with van der Waals surface area (Å²) in [6.45, 7) is 3.73. The number of pyridine rings is 1. The van der Waals surface area contributed by atoms with Crippen LogP contribution in [0.5, 0.6) is 5.75 Å². The van der Waals surface area contributed by atoms with Gasteiger partial charge in [-0.15, -0.1) is 0 Å². The zero-order valence-electron chi connectivity index (χ0n) is 12.7. The van der Waals surface area contributed by atoms with Gasteiger partial charge in [0.25, 0.3) is 0 Å². The van der Waals surface area contributed by atoms with Crippen LogP contribution in [0, 0.1) is 11.8 Å². The first-order valence-corrected chi connectivity index (χ1v) is 7.88. The number of hydrogen-bond donors (Lipinski definition) is 1. The summed E-state index contributed by atoms with van der Waals surface area (Å²) in [4.78, 5) is 18.1. The van der Waals surface area contributed by atoms with E-state index in [1.807, 2.05) is 12.1 Å². The fraction of sp³-hybridized carbons (Fsp3) is 0.625. The highest BCUT2D eigenvalue weighted by Gasteiger charge is 2.39. The molecule has 22 heavy (non-hydrogen) atoms. The Kier molecular flexibility index (Phi) is 4.90. The first-order chi connectivity index (χ1) is 10.7. The number of amides is 1. The minimum absolute atomic E-state index is 0.135. The van der Waals surface area contributed by atoms with Gasteiger partial charge < -0.3 is 15.2 Å². The van der Waals surface area contributed by atoms with Crippen molar-refractivity contribution in [2.24, 2.45) is 17.6 Å². The van der Waals surface area contributed by atoms with E-state index in [-0.39, 0.29) is 17.7 Å². The average Bonchev–Trinajstić information content (AvgIpc) is 2.99. The van der Waals surface area contributed by atoms with Crippen molar-refractivity contribution in [2.75, 3.05) is 32.9 Å². The summed E-state index contributed by atoms with van der Waals surface area (Å²) in [7, 11) is 0. The summed E-state index contributed by atoms with van der Waals surface area (Å²) in [6.07, 6.45) is 5.46. The van der Waals surface area contributed by atoms with Crippen LogP contribution in [-0.4, -0.2) is 54.7 Å². The van der Waals surface area contributed by atoms with Crippen molar-refractivity contribution in [3.63, 3.8) is 0 Å². The topological polar surface area (TPSA) is 77.7 Å². The number of aromatic nitrogens is 1. The molecular formula is C16H23N3O3. The van der Waals surface area contributed by atoms with Crippen molar-refractivity contribution in [3.05, 3.63) is 24.5 Å². The van der Waals surface area contributed by atoms with Gasteiger partial charge >= 0.3 is 0 Å². The lowest BCUT2D eigenvalue weighted by Crippen LogP contribution is -2.38. The molecule has 6 heteroatoms. The molecule has 0 bridgehead atoms. The number of primary amides is 1. The van der Waals surface area contributed by atoms with Crippen LogP contribution in [0.15, 0.2) is 24.5 Å². The molecule has 2 atom stereocenters. The van der Waals surface area contributed by atoms with Crippen LogP contribution in [0.3, 0.4) is 0 Å². The minimum atomic E-state index is -0.224. The number of nitrogens with zero attached hydrogens (tertiary/aromatic N) is 2. The third-order valence-electron chi connectivity index (χ3n) is 4.66. The maximum Gasteiger partial charge on any atom is 0.222 e. The normalized spacial score (nSPS) is 26.9. The molecule has 6 nitrogen and oxygen atoms in total. The molecule has 3 heterocycles. The Hall–Kier alpha value is -1.66. The molecule has 2 aliphatic rings. The van der Waals surface area contributed by atoms with Gasteiger partial charge in [-0.1, -0.05) is 0 Å². The average molecular weight is 305 g/mol. The van der Waals surface area contributed by atoms with Crippen molar-refractivity contribution >= 4 is 5.91 Å². The van der Waals surface area contributed by atoms with E-state index in [9.17, 15) is 4.79 Å². The van der Waals surface area contributed by atoms with E-state index in [1.54, 1.807) is 12.4 Å². The predicted octanol–water partition coefficient (Wildman–Crippen LogP) is 0.673. The van der Waals surface area contributed by atoms with E-state index in [0.29, 0.717) is 12.6 Å². The van der Waals surface area contributed by atoms with Crippen LogP contribution < -0.4 is 10.5 Å². The molecule has 120 valence electrons. The van der Waals surface area contributed by atoms with Gasteiger partial charge in [-0.25, -0.2) is 0 Å². The zero-order valence-corrected chi connectivity index (χ0v) is 12.7. The van der Waals surface area contributed by atoms with Crippen LogP contribution in [0.1, 0.15) is 12.8 Å². The highest BCUT2D eigenvalue weighted by Crippen LogP contribution is 2.28. The Morgan fingerprint density at radius 3 is 2.73 bits per heavy atom. The van der Waals surface area contributed by atoms with E-state index >= 15 is 0 Å². The van der Waals surface area contributed by atoms with Gasteiger partial charge in [-0.3, -0.25) is 14.7 Å². The molecule has 0 radical (unpaired) electrons. The molecule has 0 spiro atoms. The Balaban J connectivity index is 1.60. The Morgan fingerprint density at radius 2 is 2.05 bits per heavy atom. The van der Waals surface area contributed by atoms with Crippen molar-refractivity contribution in [1.82, 2.24) is 9.88 Å². The summed E-state index contributed by atoms with van der Waals surface area (Å²) in [5, 5.41) is 0. The molecule has 3 rings (SSSR count). The van der Waals surface area contributed by atoms with Gasteiger partial charge in [0.05, 0.1) is 12.5 Å². The number of ether oxygens (including phenoxy) is 2. The summed E-state index contributed by atoms with van der Waals surface area (Å²) in [5.41, 5.74) is 5.59. The van der Waals surface area contributed by atoms with Gasteiger partial charge in [0.2, 0.25) is 5.91 Å². The SMILES string of the molecule is NC(=O)[C@@H]1CN(C2CCOCC2)C[C@H]1COc1ccncc1. The molecule has 2 N–H and O–H groups in total. The molecule has 1 aromatic rings. The lowest BCUT2D eigenvalue weighted by molar-refractivity contribution is -0.122. The van der Waals surface area contributed by atoms with Crippen LogP contribution in [-0.2, 0) is 9.53 Å². The predicted molar refractivity (Wildman–Crippen MR) is 81.3 cm³/mol. The van der Waals surface area contributed by atoms with E-state index in [4.69, 9.17) is 15.2 Å². The first kappa shape index (κ1) is 15.2. The fourth-order valence-corrected chi connectivity index (χ4v) is 3.38. The maximum absolute atomic E-state index is 11.8. The molecule has 1 aromatic heterocycles. The van der Waals surface area contributed by atoms with Gasteiger partial charge in [-0.05, 0) is 25.0 Å². The smallest absolute Gasteiger partial charge is 0.222 e. The van der Waals surface area contributed by atoms with Gasteiger partial charge in [0.1, 0.15) is 5.75 Å². The van der Waals surface area contributed by atoms with Gasteiger partial charge in [-0.2, -0.15) is 0 Å². The standard InChI is InChI=1S/C16H23N3O3/c17-16(20)15-10-19(13-3-7-21-8-4-13)9-12(15)11-22-14-1-5-18-6-2-14/h1-2,5-6,12-13,15H,3-4,7-11H2,(H2,17,20)/t12-,15+/m0/s1. The Labute approximate surface area is 130 Å². The third kappa shape index (κ3) is 3.56. The summed E-state index contributed by atoms with van der Waals surface area (Å²) < 4.78 is 11.2. The number of hydrogen-bond acceptors (Lipinski definition) is 5. The van der Waals surface area contributed by atoms with Crippen LogP contribution in [0.4, 0.5) is 0 Å². The Bertz CT molecular complexity index is 491. The molecule has 2 fully saturated rings. The highest BCUT2D eigenvalue weighted by molar-refractivity contribution is 5.77. The van der Waals surface area contributed by atoms with Gasteiger partial charge in [0, 0.05) is 50.7 Å². The molecule has 1 amide bonds. The second-order valence-corrected chi connectivity index (χ2v) is 6.06.